The van der Waals surface area contributed by atoms with Crippen molar-refractivity contribution in [2.45, 2.75) is 12.7 Å². The lowest BCUT2D eigenvalue weighted by molar-refractivity contribution is -0.114. The second-order valence-corrected chi connectivity index (χ2v) is 8.34. The summed E-state index contributed by atoms with van der Waals surface area (Å²) >= 11 is 0.225. The molecule has 0 radical (unpaired) electrons. The highest BCUT2D eigenvalue weighted by atomic mass is 32.2. The molecule has 172 valence electrons. The van der Waals surface area contributed by atoms with Crippen LogP contribution in [0, 0.1) is 5.41 Å². The second kappa shape index (κ2) is 8.49. The second-order valence-electron chi connectivity index (χ2n) is 7.38. The third-order valence-corrected chi connectivity index (χ3v) is 6.11. The van der Waals surface area contributed by atoms with Crippen molar-refractivity contribution in [3.63, 3.8) is 0 Å². The molecule has 7 nitrogen and oxygen atoms in total. The first-order valence-electron chi connectivity index (χ1n) is 10.1. The first-order valence-corrected chi connectivity index (χ1v) is 11.0. The van der Waals surface area contributed by atoms with Gasteiger partial charge in [0.25, 0.3) is 5.91 Å². The van der Waals surface area contributed by atoms with Crippen LogP contribution in [-0.4, -0.2) is 44.3 Å². The van der Waals surface area contributed by atoms with Crippen LogP contribution < -0.4 is 4.74 Å². The van der Waals surface area contributed by atoms with Crippen LogP contribution in [0.2, 0.25) is 0 Å². The number of hydrogen-bond donors (Lipinski definition) is 1. The SMILES string of the molecule is N=C1/C(=C/c2cn(CCOc3ccccc3)c3ccccc23)C(=O)N=C2SC(C(F)(F)F)=NN12. The molecule has 0 fully saturated rings. The van der Waals surface area contributed by atoms with E-state index in [-0.39, 0.29) is 22.5 Å². The summed E-state index contributed by atoms with van der Waals surface area (Å²) in [4.78, 5) is 16.3. The molecule has 34 heavy (non-hydrogen) atoms. The molecule has 0 saturated heterocycles. The summed E-state index contributed by atoms with van der Waals surface area (Å²) in [7, 11) is 0. The lowest BCUT2D eigenvalue weighted by Crippen LogP contribution is -2.35. The largest absolute Gasteiger partial charge is 0.492 e. The van der Waals surface area contributed by atoms with Crippen LogP contribution in [0.15, 0.2) is 76.5 Å². The van der Waals surface area contributed by atoms with E-state index in [1.807, 2.05) is 65.4 Å². The molecule has 3 heterocycles. The third kappa shape index (κ3) is 4.10. The number of carbonyl (C=O) groups is 1. The smallest absolute Gasteiger partial charge is 0.441 e. The highest BCUT2D eigenvalue weighted by Gasteiger charge is 2.46. The number of aromatic nitrogens is 1. The highest BCUT2D eigenvalue weighted by Crippen LogP contribution is 2.35. The van der Waals surface area contributed by atoms with Crippen LogP contribution in [0.5, 0.6) is 5.75 Å². The minimum Gasteiger partial charge on any atom is -0.492 e. The summed E-state index contributed by atoms with van der Waals surface area (Å²) in [5.41, 5.74) is 1.38. The summed E-state index contributed by atoms with van der Waals surface area (Å²) in [6, 6.07) is 16.9. The fourth-order valence-electron chi connectivity index (χ4n) is 3.62. The van der Waals surface area contributed by atoms with Gasteiger partial charge in [0.15, 0.2) is 5.84 Å². The molecule has 11 heteroatoms. The lowest BCUT2D eigenvalue weighted by Gasteiger charge is -2.20. The number of benzene rings is 2. The molecular weight excluding hydrogens is 467 g/mol. The number of amidine groups is 2. The molecule has 5 rings (SSSR count). The molecule has 1 amide bonds. The van der Waals surface area contributed by atoms with Crippen molar-refractivity contribution in [3.8, 4) is 5.75 Å². The van der Waals surface area contributed by atoms with Gasteiger partial charge in [0.1, 0.15) is 12.4 Å². The molecule has 0 bridgehead atoms. The number of fused-ring (bicyclic) bond motifs is 2. The van der Waals surface area contributed by atoms with E-state index in [4.69, 9.17) is 10.1 Å². The molecule has 0 spiro atoms. The zero-order valence-electron chi connectivity index (χ0n) is 17.4. The van der Waals surface area contributed by atoms with E-state index in [0.29, 0.717) is 18.7 Å². The average molecular weight is 483 g/mol. The van der Waals surface area contributed by atoms with Gasteiger partial charge in [-0.05, 0) is 36.0 Å². The minimum atomic E-state index is -4.69. The van der Waals surface area contributed by atoms with Crippen LogP contribution >= 0.6 is 11.8 Å². The number of nitrogens with zero attached hydrogens (tertiary/aromatic N) is 4. The van der Waals surface area contributed by atoms with Gasteiger partial charge in [-0.1, -0.05) is 36.4 Å². The van der Waals surface area contributed by atoms with E-state index in [9.17, 15) is 18.0 Å². The standard InChI is InChI=1S/C23H16F3N5O2S/c24-23(25,26)21-29-31-19(27)17(20(32)28-22(31)34-21)12-14-13-30(18-9-5-4-8-16(14)18)10-11-33-15-6-2-1-3-7-15/h1-9,12-13,27H,10-11H2/b17-12-,27-19?. The fourth-order valence-corrected chi connectivity index (χ4v) is 4.37. The predicted octanol–water partition coefficient (Wildman–Crippen LogP) is 4.90. The summed E-state index contributed by atoms with van der Waals surface area (Å²) in [6.45, 7) is 0.926. The number of amides is 1. The average Bonchev–Trinajstić information content (AvgIpc) is 3.40. The van der Waals surface area contributed by atoms with Gasteiger partial charge in [-0.3, -0.25) is 10.2 Å². The van der Waals surface area contributed by atoms with Crippen molar-refractivity contribution >= 4 is 50.7 Å². The van der Waals surface area contributed by atoms with Crippen LogP contribution in [0.3, 0.4) is 0 Å². The quantitative estimate of drug-likeness (QED) is 0.524. The number of aliphatic imine (C=N–C) groups is 1. The third-order valence-electron chi connectivity index (χ3n) is 5.16. The van der Waals surface area contributed by atoms with E-state index in [2.05, 4.69) is 10.1 Å². The van der Waals surface area contributed by atoms with Gasteiger partial charge in [-0.15, -0.1) is 0 Å². The molecule has 2 aliphatic heterocycles. The molecule has 0 saturated carbocycles. The Morgan fingerprint density at radius 2 is 1.82 bits per heavy atom. The zero-order chi connectivity index (χ0) is 23.9. The summed E-state index contributed by atoms with van der Waals surface area (Å²) in [5.74, 6) is -0.490. The van der Waals surface area contributed by atoms with E-state index >= 15 is 0 Å². The maximum atomic E-state index is 13.0. The van der Waals surface area contributed by atoms with Crippen molar-refractivity contribution in [1.29, 1.82) is 5.41 Å². The Morgan fingerprint density at radius 3 is 2.59 bits per heavy atom. The molecule has 1 aromatic heterocycles. The van der Waals surface area contributed by atoms with Crippen molar-refractivity contribution in [1.82, 2.24) is 9.58 Å². The number of rotatable bonds is 5. The Hall–Kier alpha value is -3.86. The topological polar surface area (TPSA) is 83.0 Å². The van der Waals surface area contributed by atoms with Gasteiger partial charge in [-0.25, -0.2) is 0 Å². The van der Waals surface area contributed by atoms with E-state index < -0.39 is 23.0 Å². The normalized spacial score (nSPS) is 17.3. The molecule has 2 aromatic carbocycles. The molecule has 1 N–H and O–H groups in total. The number of nitrogens with one attached hydrogen (secondary N) is 1. The molecule has 0 atom stereocenters. The van der Waals surface area contributed by atoms with Crippen LogP contribution in [0.4, 0.5) is 13.2 Å². The summed E-state index contributed by atoms with van der Waals surface area (Å²) < 4.78 is 46.9. The lowest BCUT2D eigenvalue weighted by atomic mass is 10.1. The number of carbonyl (C=O) groups excluding carboxylic acids is 1. The van der Waals surface area contributed by atoms with Gasteiger partial charge in [0, 0.05) is 22.7 Å². The Kier molecular flexibility index (Phi) is 5.48. The number of thioether (sulfide) groups is 1. The number of hydrazone groups is 1. The number of halogens is 3. The molecule has 3 aromatic rings. The van der Waals surface area contributed by atoms with Crippen LogP contribution in [-0.2, 0) is 11.3 Å². The van der Waals surface area contributed by atoms with Gasteiger partial charge in [0.2, 0.25) is 10.2 Å². The van der Waals surface area contributed by atoms with E-state index in [1.54, 1.807) is 0 Å². The summed E-state index contributed by atoms with van der Waals surface area (Å²) in [5, 5.41) is 11.9. The van der Waals surface area contributed by atoms with Gasteiger partial charge in [-0.2, -0.15) is 28.3 Å². The van der Waals surface area contributed by atoms with E-state index in [1.165, 1.54) is 6.08 Å². The number of ether oxygens (including phenoxy) is 1. The fraction of sp³-hybridized carbons (Fsp3) is 0.130. The van der Waals surface area contributed by atoms with E-state index in [0.717, 1.165) is 21.7 Å². The van der Waals surface area contributed by atoms with Crippen LogP contribution in [0.1, 0.15) is 5.56 Å². The van der Waals surface area contributed by atoms with Crippen molar-refractivity contribution < 1.29 is 22.7 Å². The molecule has 0 unspecified atom stereocenters. The van der Waals surface area contributed by atoms with Crippen molar-refractivity contribution in [2.24, 2.45) is 10.1 Å². The summed E-state index contributed by atoms with van der Waals surface area (Å²) in [6.07, 6.45) is -1.41. The highest BCUT2D eigenvalue weighted by molar-refractivity contribution is 8.27. The first-order chi connectivity index (χ1) is 16.3. The van der Waals surface area contributed by atoms with Gasteiger partial charge in [0.05, 0.1) is 12.1 Å². The molecular formula is C23H16F3N5O2S. The minimum absolute atomic E-state index is 0.139. The van der Waals surface area contributed by atoms with Gasteiger partial charge < -0.3 is 9.30 Å². The van der Waals surface area contributed by atoms with Gasteiger partial charge >= 0.3 is 6.18 Å². The van der Waals surface area contributed by atoms with Crippen molar-refractivity contribution in [2.75, 3.05) is 6.61 Å². The number of para-hydroxylation sites is 2. The zero-order valence-corrected chi connectivity index (χ0v) is 18.2. The molecule has 0 aliphatic carbocycles. The van der Waals surface area contributed by atoms with Crippen LogP contribution in [0.25, 0.3) is 17.0 Å². The monoisotopic (exact) mass is 483 g/mol. The number of hydrogen-bond acceptors (Lipinski definition) is 5. The number of alkyl halides is 3. The first kappa shape index (κ1) is 22.0. The predicted molar refractivity (Wildman–Crippen MR) is 125 cm³/mol. The Labute approximate surface area is 195 Å². The Morgan fingerprint density at radius 1 is 1.09 bits per heavy atom. The van der Waals surface area contributed by atoms with Crippen molar-refractivity contribution in [3.05, 3.63) is 71.9 Å². The Bertz CT molecular complexity index is 1390. The maximum absolute atomic E-state index is 13.0. The maximum Gasteiger partial charge on any atom is 0.441 e. The Balaban J connectivity index is 1.44. The molecule has 2 aliphatic rings.